The number of amides is 1. The number of piperazine rings is 1. The fourth-order valence-corrected chi connectivity index (χ4v) is 1.95. The fraction of sp³-hybridized carbons (Fsp3) is 0.818. The predicted octanol–water partition coefficient (Wildman–Crippen LogP) is -1.42. The van der Waals surface area contributed by atoms with Crippen LogP contribution in [0.15, 0.2) is 0 Å². The Kier molecular flexibility index (Phi) is 6.03. The van der Waals surface area contributed by atoms with Crippen LogP contribution in [0.4, 0.5) is 0 Å². The van der Waals surface area contributed by atoms with Gasteiger partial charge in [-0.15, -0.1) is 0 Å². The molecule has 0 aromatic carbocycles. The average molecular weight is 259 g/mol. The second-order valence-corrected chi connectivity index (χ2v) is 4.27. The molecule has 1 amide bonds. The Labute approximate surface area is 106 Å². The highest BCUT2D eigenvalue weighted by Crippen LogP contribution is 2.05. The van der Waals surface area contributed by atoms with Crippen molar-refractivity contribution in [1.29, 1.82) is 0 Å². The number of nitrogens with two attached hydrogens (primary N) is 1. The van der Waals surface area contributed by atoms with Crippen molar-refractivity contribution in [3.8, 4) is 0 Å². The summed E-state index contributed by atoms with van der Waals surface area (Å²) in [4.78, 5) is 26.2. The van der Waals surface area contributed by atoms with E-state index in [2.05, 4.69) is 0 Å². The van der Waals surface area contributed by atoms with Crippen LogP contribution in [0.1, 0.15) is 6.42 Å². The van der Waals surface area contributed by atoms with Crippen molar-refractivity contribution in [2.75, 3.05) is 46.4 Å². The van der Waals surface area contributed by atoms with Gasteiger partial charge in [-0.2, -0.15) is 0 Å². The molecule has 104 valence electrons. The molecule has 0 aromatic rings. The van der Waals surface area contributed by atoms with Crippen LogP contribution >= 0.6 is 0 Å². The Bertz CT molecular complexity index is 286. The summed E-state index contributed by atoms with van der Waals surface area (Å²) in [5.74, 6) is -0.881. The lowest BCUT2D eigenvalue weighted by atomic mass is 10.2. The standard InChI is InChI=1S/C11H21N3O4/c1-18-9(8-12)11(17)14-6-4-13(5-7-14)3-2-10(15)16/h9H,2-8,12H2,1H3,(H,15,16). The quantitative estimate of drug-likeness (QED) is 0.607. The summed E-state index contributed by atoms with van der Waals surface area (Å²) in [6.45, 7) is 3.28. The molecule has 7 nitrogen and oxygen atoms in total. The topological polar surface area (TPSA) is 96.1 Å². The molecule has 18 heavy (non-hydrogen) atoms. The van der Waals surface area contributed by atoms with Crippen molar-refractivity contribution in [3.05, 3.63) is 0 Å². The summed E-state index contributed by atoms with van der Waals surface area (Å²) < 4.78 is 5.01. The summed E-state index contributed by atoms with van der Waals surface area (Å²) in [6.07, 6.45) is -0.437. The highest BCUT2D eigenvalue weighted by molar-refractivity contribution is 5.81. The van der Waals surface area contributed by atoms with Crippen molar-refractivity contribution in [3.63, 3.8) is 0 Å². The molecule has 1 aliphatic heterocycles. The minimum atomic E-state index is -0.795. The molecule has 1 fully saturated rings. The van der Waals surface area contributed by atoms with Gasteiger partial charge in [0.25, 0.3) is 5.91 Å². The van der Waals surface area contributed by atoms with E-state index in [1.54, 1.807) is 4.90 Å². The van der Waals surface area contributed by atoms with Gasteiger partial charge in [-0.05, 0) is 0 Å². The maximum atomic E-state index is 11.9. The van der Waals surface area contributed by atoms with Crippen LogP contribution in [0.2, 0.25) is 0 Å². The molecule has 7 heteroatoms. The predicted molar refractivity (Wildman–Crippen MR) is 65.1 cm³/mol. The first kappa shape index (κ1) is 14.9. The number of nitrogens with zero attached hydrogens (tertiary/aromatic N) is 2. The van der Waals surface area contributed by atoms with E-state index in [0.717, 1.165) is 0 Å². The Hall–Kier alpha value is -1.18. The van der Waals surface area contributed by atoms with E-state index in [-0.39, 0.29) is 18.9 Å². The smallest absolute Gasteiger partial charge is 0.304 e. The molecule has 0 radical (unpaired) electrons. The highest BCUT2D eigenvalue weighted by Gasteiger charge is 2.26. The second kappa shape index (κ2) is 7.30. The van der Waals surface area contributed by atoms with E-state index >= 15 is 0 Å². The number of carbonyl (C=O) groups is 2. The molecule has 1 rings (SSSR count). The number of carboxylic acids is 1. The number of hydrogen-bond acceptors (Lipinski definition) is 5. The van der Waals surface area contributed by atoms with Gasteiger partial charge in [-0.1, -0.05) is 0 Å². The third-order valence-corrected chi connectivity index (χ3v) is 3.10. The van der Waals surface area contributed by atoms with E-state index in [1.807, 2.05) is 4.90 Å². The van der Waals surface area contributed by atoms with Crippen molar-refractivity contribution >= 4 is 11.9 Å². The van der Waals surface area contributed by atoms with E-state index in [0.29, 0.717) is 32.7 Å². The van der Waals surface area contributed by atoms with E-state index in [1.165, 1.54) is 7.11 Å². The van der Waals surface area contributed by atoms with Crippen LogP contribution in [0, 0.1) is 0 Å². The number of ether oxygens (including phenoxy) is 1. The summed E-state index contributed by atoms with van der Waals surface area (Å²) in [5, 5.41) is 8.60. The first-order valence-corrected chi connectivity index (χ1v) is 6.04. The van der Waals surface area contributed by atoms with Crippen molar-refractivity contribution in [2.24, 2.45) is 5.73 Å². The zero-order valence-electron chi connectivity index (χ0n) is 10.7. The first-order valence-electron chi connectivity index (χ1n) is 6.04. The van der Waals surface area contributed by atoms with Crippen LogP contribution < -0.4 is 5.73 Å². The third kappa shape index (κ3) is 4.25. The minimum absolute atomic E-state index is 0.0853. The lowest BCUT2D eigenvalue weighted by Crippen LogP contribution is -2.53. The summed E-state index contributed by atoms with van der Waals surface area (Å²) >= 11 is 0. The molecule has 0 saturated carbocycles. The highest BCUT2D eigenvalue weighted by atomic mass is 16.5. The summed E-state index contributed by atoms with van der Waals surface area (Å²) in [6, 6.07) is 0. The Morgan fingerprint density at radius 2 is 1.94 bits per heavy atom. The van der Waals surface area contributed by atoms with Crippen LogP contribution in [-0.2, 0) is 14.3 Å². The molecule has 0 spiro atoms. The van der Waals surface area contributed by atoms with Gasteiger partial charge in [0.2, 0.25) is 0 Å². The van der Waals surface area contributed by atoms with Gasteiger partial charge >= 0.3 is 5.97 Å². The van der Waals surface area contributed by atoms with E-state index in [4.69, 9.17) is 15.6 Å². The third-order valence-electron chi connectivity index (χ3n) is 3.10. The molecule has 1 atom stereocenters. The number of carbonyl (C=O) groups excluding carboxylic acids is 1. The summed E-state index contributed by atoms with van der Waals surface area (Å²) in [5.41, 5.74) is 5.45. The number of carboxylic acid groups (broad SMARTS) is 1. The van der Waals surface area contributed by atoms with Crippen molar-refractivity contribution in [2.45, 2.75) is 12.5 Å². The summed E-state index contributed by atoms with van der Waals surface area (Å²) in [7, 11) is 1.47. The number of rotatable bonds is 6. The van der Waals surface area contributed by atoms with Crippen LogP contribution in [0.5, 0.6) is 0 Å². The first-order chi connectivity index (χ1) is 8.58. The SMILES string of the molecule is COC(CN)C(=O)N1CCN(CCC(=O)O)CC1. The Morgan fingerprint density at radius 1 is 1.33 bits per heavy atom. The minimum Gasteiger partial charge on any atom is -0.481 e. The number of aliphatic carboxylic acids is 1. The molecule has 1 unspecified atom stereocenters. The molecule has 3 N–H and O–H groups in total. The van der Waals surface area contributed by atoms with Crippen molar-refractivity contribution in [1.82, 2.24) is 9.80 Å². The average Bonchev–Trinajstić information content (AvgIpc) is 2.38. The maximum absolute atomic E-state index is 11.9. The largest absolute Gasteiger partial charge is 0.481 e. The van der Waals surface area contributed by atoms with Gasteiger partial charge in [0, 0.05) is 46.4 Å². The van der Waals surface area contributed by atoms with Crippen LogP contribution in [-0.4, -0.2) is 79.3 Å². The van der Waals surface area contributed by atoms with Crippen molar-refractivity contribution < 1.29 is 19.4 Å². The lowest BCUT2D eigenvalue weighted by Gasteiger charge is -2.35. The normalized spacial score (nSPS) is 18.7. The van der Waals surface area contributed by atoms with Crippen LogP contribution in [0.3, 0.4) is 0 Å². The van der Waals surface area contributed by atoms with E-state index in [9.17, 15) is 9.59 Å². The monoisotopic (exact) mass is 259 g/mol. The van der Waals surface area contributed by atoms with E-state index < -0.39 is 12.1 Å². The molecule has 0 aliphatic carbocycles. The molecule has 1 saturated heterocycles. The Morgan fingerprint density at radius 3 is 2.39 bits per heavy atom. The van der Waals surface area contributed by atoms with Gasteiger partial charge in [0.05, 0.1) is 6.42 Å². The van der Waals surface area contributed by atoms with Gasteiger partial charge in [0.15, 0.2) is 0 Å². The number of methoxy groups -OCH3 is 1. The molecule has 1 aliphatic rings. The van der Waals surface area contributed by atoms with Gasteiger partial charge in [0.1, 0.15) is 6.10 Å². The molecule has 0 bridgehead atoms. The second-order valence-electron chi connectivity index (χ2n) is 4.27. The fourth-order valence-electron chi connectivity index (χ4n) is 1.95. The zero-order valence-corrected chi connectivity index (χ0v) is 10.7. The number of hydrogen-bond donors (Lipinski definition) is 2. The zero-order chi connectivity index (χ0) is 13.5. The maximum Gasteiger partial charge on any atom is 0.304 e. The molecule has 0 aromatic heterocycles. The van der Waals surface area contributed by atoms with Gasteiger partial charge in [-0.25, -0.2) is 0 Å². The van der Waals surface area contributed by atoms with Crippen LogP contribution in [0.25, 0.3) is 0 Å². The lowest BCUT2D eigenvalue weighted by molar-refractivity contribution is -0.144. The Balaban J connectivity index is 2.34. The van der Waals surface area contributed by atoms with Gasteiger partial charge < -0.3 is 20.5 Å². The molecular formula is C11H21N3O4. The molecule has 1 heterocycles. The molecular weight excluding hydrogens is 238 g/mol. The van der Waals surface area contributed by atoms with Gasteiger partial charge in [-0.3, -0.25) is 14.5 Å².